The van der Waals surface area contributed by atoms with Crippen LogP contribution in [0.25, 0.3) is 0 Å². The minimum atomic E-state index is -1.10. The van der Waals surface area contributed by atoms with Crippen molar-refractivity contribution in [3.8, 4) is 6.07 Å². The van der Waals surface area contributed by atoms with E-state index >= 15 is 0 Å². The lowest BCUT2D eigenvalue weighted by molar-refractivity contribution is -0.139. The van der Waals surface area contributed by atoms with Gasteiger partial charge in [0.05, 0.1) is 23.7 Å². The fraction of sp³-hybridized carbons (Fsp3) is 0.278. The highest BCUT2D eigenvalue weighted by molar-refractivity contribution is 5.93. The number of nitriles is 1. The van der Waals surface area contributed by atoms with Crippen LogP contribution in [0.5, 0.6) is 0 Å². The maximum Gasteiger partial charge on any atom is 0.338 e. The molecule has 0 saturated carbocycles. The molecular formula is C18H18N2O5. The van der Waals surface area contributed by atoms with Crippen LogP contribution in [0, 0.1) is 18.3 Å². The van der Waals surface area contributed by atoms with Gasteiger partial charge in [-0.1, -0.05) is 12.1 Å². The SMILES string of the molecule is CCOC(=O)C1=C(C)OC(N)=C(C#N)C1c1ccc(C)c(C(=O)O)c1. The summed E-state index contributed by atoms with van der Waals surface area (Å²) in [5.41, 5.74) is 7.08. The van der Waals surface area contributed by atoms with Crippen molar-refractivity contribution in [1.29, 1.82) is 5.26 Å². The number of carbonyl (C=O) groups is 2. The number of carboxylic acid groups (broad SMARTS) is 1. The van der Waals surface area contributed by atoms with Gasteiger partial charge in [0.15, 0.2) is 0 Å². The number of nitrogens with zero attached hydrogens (tertiary/aromatic N) is 1. The van der Waals surface area contributed by atoms with Crippen LogP contribution in [0.15, 0.2) is 41.0 Å². The largest absolute Gasteiger partial charge is 0.478 e. The van der Waals surface area contributed by atoms with Crippen LogP contribution in [0.1, 0.15) is 41.3 Å². The van der Waals surface area contributed by atoms with Crippen LogP contribution in [-0.4, -0.2) is 23.7 Å². The molecule has 1 aliphatic heterocycles. The van der Waals surface area contributed by atoms with Crippen molar-refractivity contribution < 1.29 is 24.2 Å². The maximum absolute atomic E-state index is 12.4. The van der Waals surface area contributed by atoms with Crippen LogP contribution in [0.3, 0.4) is 0 Å². The number of carboxylic acids is 1. The molecule has 1 aliphatic rings. The molecule has 1 atom stereocenters. The lowest BCUT2D eigenvalue weighted by atomic mass is 9.82. The molecule has 2 rings (SSSR count). The predicted molar refractivity (Wildman–Crippen MR) is 88.1 cm³/mol. The Labute approximate surface area is 145 Å². The van der Waals surface area contributed by atoms with Crippen molar-refractivity contribution >= 4 is 11.9 Å². The van der Waals surface area contributed by atoms with Crippen LogP contribution in [-0.2, 0) is 14.3 Å². The summed E-state index contributed by atoms with van der Waals surface area (Å²) in [6, 6.07) is 6.67. The van der Waals surface area contributed by atoms with E-state index in [-0.39, 0.29) is 35.0 Å². The Morgan fingerprint density at radius 2 is 2.08 bits per heavy atom. The monoisotopic (exact) mass is 342 g/mol. The number of hydrogen-bond donors (Lipinski definition) is 2. The average molecular weight is 342 g/mol. The van der Waals surface area contributed by atoms with Gasteiger partial charge in [0.25, 0.3) is 0 Å². The van der Waals surface area contributed by atoms with Crippen molar-refractivity contribution in [2.24, 2.45) is 5.73 Å². The fourth-order valence-electron chi connectivity index (χ4n) is 2.74. The summed E-state index contributed by atoms with van der Waals surface area (Å²) >= 11 is 0. The molecule has 130 valence electrons. The summed E-state index contributed by atoms with van der Waals surface area (Å²) < 4.78 is 10.4. The van der Waals surface area contributed by atoms with Crippen molar-refractivity contribution in [3.05, 3.63) is 57.7 Å². The zero-order chi connectivity index (χ0) is 18.7. The van der Waals surface area contributed by atoms with Crippen molar-refractivity contribution in [2.75, 3.05) is 6.61 Å². The minimum Gasteiger partial charge on any atom is -0.478 e. The first-order valence-electron chi connectivity index (χ1n) is 7.61. The summed E-state index contributed by atoms with van der Waals surface area (Å²) in [6.45, 7) is 5.03. The van der Waals surface area contributed by atoms with Crippen LogP contribution < -0.4 is 5.73 Å². The number of ether oxygens (including phenoxy) is 2. The van der Waals surface area contributed by atoms with E-state index in [1.54, 1.807) is 32.9 Å². The normalized spacial score (nSPS) is 17.0. The predicted octanol–water partition coefficient (Wildman–Crippen LogP) is 2.34. The fourth-order valence-corrected chi connectivity index (χ4v) is 2.74. The van der Waals surface area contributed by atoms with E-state index in [2.05, 4.69) is 0 Å². The van der Waals surface area contributed by atoms with Gasteiger partial charge >= 0.3 is 11.9 Å². The molecule has 0 bridgehead atoms. The van der Waals surface area contributed by atoms with E-state index in [1.807, 2.05) is 6.07 Å². The standard InChI is InChI=1S/C18H18N2O5/c1-4-24-18(23)14-10(3)25-16(20)13(8-19)15(14)11-6-5-9(2)12(7-11)17(21)22/h5-7,15H,4,20H2,1-3H3,(H,21,22). The van der Waals surface area contributed by atoms with Crippen LogP contribution in [0.2, 0.25) is 0 Å². The molecule has 0 aromatic heterocycles. The van der Waals surface area contributed by atoms with Crippen molar-refractivity contribution in [3.63, 3.8) is 0 Å². The molecule has 0 aliphatic carbocycles. The van der Waals surface area contributed by atoms with Gasteiger partial charge in [-0.15, -0.1) is 0 Å². The molecule has 25 heavy (non-hydrogen) atoms. The molecule has 1 heterocycles. The molecule has 1 unspecified atom stereocenters. The number of rotatable bonds is 4. The van der Waals surface area contributed by atoms with Gasteiger partial charge in [-0.25, -0.2) is 9.59 Å². The lowest BCUT2D eigenvalue weighted by Gasteiger charge is -2.27. The number of carbonyl (C=O) groups excluding carboxylic acids is 1. The molecule has 7 heteroatoms. The first kappa shape index (κ1) is 18.1. The summed E-state index contributed by atoms with van der Waals surface area (Å²) in [4.78, 5) is 23.8. The zero-order valence-corrected chi connectivity index (χ0v) is 14.1. The highest BCUT2D eigenvalue weighted by Gasteiger charge is 2.36. The van der Waals surface area contributed by atoms with E-state index in [0.717, 1.165) is 0 Å². The van der Waals surface area contributed by atoms with E-state index in [4.69, 9.17) is 15.2 Å². The molecule has 0 spiro atoms. The number of nitrogens with two attached hydrogens (primary N) is 1. The molecule has 0 amide bonds. The molecule has 1 aromatic carbocycles. The van der Waals surface area contributed by atoms with E-state index in [1.165, 1.54) is 6.07 Å². The van der Waals surface area contributed by atoms with Crippen molar-refractivity contribution in [1.82, 2.24) is 0 Å². The number of hydrogen-bond acceptors (Lipinski definition) is 6. The van der Waals surface area contributed by atoms with Crippen LogP contribution >= 0.6 is 0 Å². The minimum absolute atomic E-state index is 0.0360. The summed E-state index contributed by atoms with van der Waals surface area (Å²) in [6.07, 6.45) is 0. The smallest absolute Gasteiger partial charge is 0.338 e. The summed E-state index contributed by atoms with van der Waals surface area (Å²) in [7, 11) is 0. The third-order valence-electron chi connectivity index (χ3n) is 3.93. The van der Waals surface area contributed by atoms with Gasteiger partial charge in [-0.3, -0.25) is 0 Å². The molecule has 3 N–H and O–H groups in total. The lowest BCUT2D eigenvalue weighted by Crippen LogP contribution is -2.25. The molecular weight excluding hydrogens is 324 g/mol. The second-order valence-corrected chi connectivity index (χ2v) is 5.49. The van der Waals surface area contributed by atoms with E-state index < -0.39 is 17.9 Å². The third-order valence-corrected chi connectivity index (χ3v) is 3.93. The highest BCUT2D eigenvalue weighted by atomic mass is 16.5. The first-order valence-corrected chi connectivity index (χ1v) is 7.61. The first-order chi connectivity index (χ1) is 11.8. The van der Waals surface area contributed by atoms with Gasteiger partial charge in [0.2, 0.25) is 5.88 Å². The second kappa shape index (κ2) is 7.09. The van der Waals surface area contributed by atoms with E-state index in [9.17, 15) is 20.0 Å². The Morgan fingerprint density at radius 3 is 2.64 bits per heavy atom. The average Bonchev–Trinajstić information content (AvgIpc) is 2.54. The summed E-state index contributed by atoms with van der Waals surface area (Å²) in [5.74, 6) is -2.48. The van der Waals surface area contributed by atoms with Crippen molar-refractivity contribution in [2.45, 2.75) is 26.7 Å². The number of allylic oxidation sites excluding steroid dienone is 2. The Morgan fingerprint density at radius 1 is 1.40 bits per heavy atom. The Bertz CT molecular complexity index is 846. The molecule has 7 nitrogen and oxygen atoms in total. The van der Waals surface area contributed by atoms with Gasteiger partial charge in [-0.05, 0) is 38.0 Å². The Kier molecular flexibility index (Phi) is 5.13. The summed E-state index contributed by atoms with van der Waals surface area (Å²) in [5, 5.41) is 18.8. The number of esters is 1. The maximum atomic E-state index is 12.4. The van der Waals surface area contributed by atoms with Gasteiger partial charge in [-0.2, -0.15) is 5.26 Å². The Hall–Kier alpha value is -3.27. The number of benzene rings is 1. The van der Waals surface area contributed by atoms with Gasteiger partial charge in [0, 0.05) is 0 Å². The molecule has 0 saturated heterocycles. The third kappa shape index (κ3) is 3.33. The van der Waals surface area contributed by atoms with Crippen LogP contribution in [0.4, 0.5) is 0 Å². The zero-order valence-electron chi connectivity index (χ0n) is 14.1. The van der Waals surface area contributed by atoms with E-state index in [0.29, 0.717) is 11.1 Å². The second-order valence-electron chi connectivity index (χ2n) is 5.49. The molecule has 0 radical (unpaired) electrons. The number of aromatic carboxylic acids is 1. The Balaban J connectivity index is 2.69. The molecule has 0 fully saturated rings. The topological polar surface area (TPSA) is 123 Å². The number of aryl methyl sites for hydroxylation is 1. The quantitative estimate of drug-likeness (QED) is 0.805. The van der Waals surface area contributed by atoms with Gasteiger partial charge < -0.3 is 20.3 Å². The molecule has 1 aromatic rings. The highest BCUT2D eigenvalue weighted by Crippen LogP contribution is 2.40. The van der Waals surface area contributed by atoms with Gasteiger partial charge in [0.1, 0.15) is 17.4 Å².